The normalized spacial score (nSPS) is 17.9. The third kappa shape index (κ3) is 7.41. The number of carbonyl (C=O) groups is 1. The van der Waals surface area contributed by atoms with Crippen LogP contribution < -0.4 is 5.32 Å². The Morgan fingerprint density at radius 3 is 2.41 bits per heavy atom. The second kappa shape index (κ2) is 11.0. The molecule has 0 bridgehead atoms. The fraction of sp³-hybridized carbons (Fsp3) is 0.458. The molecule has 2 N–H and O–H groups in total. The van der Waals surface area contributed by atoms with Crippen LogP contribution in [0.1, 0.15) is 29.2 Å². The van der Waals surface area contributed by atoms with Crippen LogP contribution in [-0.2, 0) is 27.6 Å². The Labute approximate surface area is 191 Å². The first-order valence-electron chi connectivity index (χ1n) is 10.9. The zero-order chi connectivity index (χ0) is 23.1. The molecule has 2 aromatic rings. The van der Waals surface area contributed by atoms with Gasteiger partial charge in [0, 0.05) is 39.5 Å². The van der Waals surface area contributed by atoms with E-state index in [0.29, 0.717) is 26.1 Å². The van der Waals surface area contributed by atoms with Gasteiger partial charge in [-0.2, -0.15) is 0 Å². The Hall–Kier alpha value is -2.26. The van der Waals surface area contributed by atoms with Crippen molar-refractivity contribution >= 4 is 15.7 Å². The summed E-state index contributed by atoms with van der Waals surface area (Å²) in [5.41, 5.74) is 2.96. The highest BCUT2D eigenvalue weighted by atomic mass is 32.2. The molecule has 2 unspecified atom stereocenters. The monoisotopic (exact) mass is 459 g/mol. The number of sulfone groups is 1. The van der Waals surface area contributed by atoms with Crippen LogP contribution in [0.15, 0.2) is 54.6 Å². The summed E-state index contributed by atoms with van der Waals surface area (Å²) in [6, 6.07) is 17.6. The van der Waals surface area contributed by atoms with Crippen LogP contribution in [0.5, 0.6) is 0 Å². The average Bonchev–Trinajstić information content (AvgIpc) is 3.17. The molecule has 1 saturated heterocycles. The first kappa shape index (κ1) is 24.4. The quantitative estimate of drug-likeness (QED) is 0.561. The van der Waals surface area contributed by atoms with E-state index < -0.39 is 9.84 Å². The first-order chi connectivity index (χ1) is 15.2. The summed E-state index contributed by atoms with van der Waals surface area (Å²) in [6.45, 7) is 2.62. The molecule has 2 aromatic carbocycles. The van der Waals surface area contributed by atoms with Crippen molar-refractivity contribution in [2.45, 2.75) is 31.5 Å². The van der Waals surface area contributed by atoms with Crippen LogP contribution in [0, 0.1) is 0 Å². The minimum atomic E-state index is -3.05. The van der Waals surface area contributed by atoms with E-state index in [9.17, 15) is 18.3 Å². The zero-order valence-electron chi connectivity index (χ0n) is 18.8. The molecule has 1 fully saturated rings. The molecular formula is C24H33N3O4S. The summed E-state index contributed by atoms with van der Waals surface area (Å²) in [4.78, 5) is 17.1. The number of aliphatic hydroxyl groups excluding tert-OH is 1. The maximum Gasteiger partial charge on any atom is 0.227 e. The summed E-state index contributed by atoms with van der Waals surface area (Å²) >= 11 is 0. The number of β-amino-alcohol motifs (C(OH)–C–C–N with tert-alkyl or cyclic N) is 1. The largest absolute Gasteiger partial charge is 0.392 e. The number of aliphatic hydroxyl groups is 1. The molecule has 174 valence electrons. The Kier molecular flexibility index (Phi) is 8.42. The van der Waals surface area contributed by atoms with Crippen molar-refractivity contribution in [2.24, 2.45) is 0 Å². The van der Waals surface area contributed by atoms with E-state index in [1.165, 1.54) is 6.26 Å². The maximum absolute atomic E-state index is 13.1. The number of amides is 1. The van der Waals surface area contributed by atoms with Gasteiger partial charge in [-0.15, -0.1) is 0 Å². The number of carbonyl (C=O) groups excluding carboxylic acids is 1. The van der Waals surface area contributed by atoms with Crippen molar-refractivity contribution in [3.8, 4) is 0 Å². The summed E-state index contributed by atoms with van der Waals surface area (Å²) in [5, 5.41) is 12.8. The lowest BCUT2D eigenvalue weighted by atomic mass is 10.0. The molecule has 0 aliphatic carbocycles. The number of nitrogens with zero attached hydrogens (tertiary/aromatic N) is 2. The fourth-order valence-corrected chi connectivity index (χ4v) is 4.45. The number of benzene rings is 2. The van der Waals surface area contributed by atoms with E-state index in [1.807, 2.05) is 66.5 Å². The topological polar surface area (TPSA) is 90.0 Å². The number of nitrogens with one attached hydrogen (secondary N) is 1. The highest BCUT2D eigenvalue weighted by Gasteiger charge is 2.28. The molecule has 8 heteroatoms. The van der Waals surface area contributed by atoms with E-state index in [0.717, 1.165) is 29.7 Å². The summed E-state index contributed by atoms with van der Waals surface area (Å²) in [7, 11) is -1.21. The highest BCUT2D eigenvalue weighted by molar-refractivity contribution is 7.90. The molecular weight excluding hydrogens is 426 g/mol. The highest BCUT2D eigenvalue weighted by Crippen LogP contribution is 2.24. The average molecular weight is 460 g/mol. The molecule has 3 rings (SSSR count). The molecule has 1 aliphatic heterocycles. The van der Waals surface area contributed by atoms with Gasteiger partial charge in [-0.3, -0.25) is 15.0 Å². The predicted molar refractivity (Wildman–Crippen MR) is 126 cm³/mol. The van der Waals surface area contributed by atoms with Crippen LogP contribution in [0.2, 0.25) is 0 Å². The Morgan fingerprint density at radius 1 is 1.16 bits per heavy atom. The lowest BCUT2D eigenvalue weighted by Crippen LogP contribution is -2.39. The Balaban J connectivity index is 1.62. The van der Waals surface area contributed by atoms with Gasteiger partial charge in [-0.1, -0.05) is 54.6 Å². The standard InChI is InChI=1S/C24H33N3O4S/c1-26(23(21-6-4-3-5-7-21)17-27-13-12-22(28)16-27)24(29)14-19-8-10-20(11-9-19)15-25-18-32(2,30)31/h3-11,22-23,25,28H,12-18H2,1-2H3. The van der Waals surface area contributed by atoms with Crippen LogP contribution in [-0.4, -0.2) is 74.1 Å². The lowest BCUT2D eigenvalue weighted by Gasteiger charge is -2.32. The van der Waals surface area contributed by atoms with Crippen LogP contribution in [0.25, 0.3) is 0 Å². The minimum absolute atomic E-state index is 0.0292. The van der Waals surface area contributed by atoms with Gasteiger partial charge in [0.2, 0.25) is 5.91 Å². The van der Waals surface area contributed by atoms with Gasteiger partial charge < -0.3 is 10.0 Å². The van der Waals surface area contributed by atoms with Crippen molar-refractivity contribution in [1.29, 1.82) is 0 Å². The molecule has 7 nitrogen and oxygen atoms in total. The zero-order valence-corrected chi connectivity index (χ0v) is 19.6. The summed E-state index contributed by atoms with van der Waals surface area (Å²) in [5.74, 6) is -0.0333. The van der Waals surface area contributed by atoms with Crippen LogP contribution in [0.3, 0.4) is 0 Å². The number of hydrogen-bond donors (Lipinski definition) is 2. The van der Waals surface area contributed by atoms with E-state index in [-0.39, 0.29) is 23.9 Å². The number of hydrogen-bond acceptors (Lipinski definition) is 6. The van der Waals surface area contributed by atoms with Gasteiger partial charge >= 0.3 is 0 Å². The fourth-order valence-electron chi connectivity index (χ4n) is 3.98. The number of likely N-dealkylation sites (tertiary alicyclic amines) is 1. The molecule has 32 heavy (non-hydrogen) atoms. The van der Waals surface area contributed by atoms with Gasteiger partial charge in [0.25, 0.3) is 0 Å². The van der Waals surface area contributed by atoms with Crippen molar-refractivity contribution in [3.05, 3.63) is 71.3 Å². The molecule has 2 atom stereocenters. The lowest BCUT2D eigenvalue weighted by molar-refractivity contribution is -0.131. The van der Waals surface area contributed by atoms with Gasteiger partial charge in [0.1, 0.15) is 0 Å². The van der Waals surface area contributed by atoms with Gasteiger partial charge in [0.05, 0.1) is 24.4 Å². The van der Waals surface area contributed by atoms with Crippen LogP contribution in [0.4, 0.5) is 0 Å². The van der Waals surface area contributed by atoms with Crippen molar-refractivity contribution < 1.29 is 18.3 Å². The molecule has 0 spiro atoms. The molecule has 0 aromatic heterocycles. The third-order valence-electron chi connectivity index (χ3n) is 5.80. The number of likely N-dealkylation sites (N-methyl/N-ethyl adjacent to an activating group) is 1. The molecule has 1 heterocycles. The predicted octanol–water partition coefficient (Wildman–Crippen LogP) is 1.59. The molecule has 1 aliphatic rings. The Morgan fingerprint density at radius 2 is 1.81 bits per heavy atom. The molecule has 0 saturated carbocycles. The van der Waals surface area contributed by atoms with Crippen LogP contribution >= 0.6 is 0 Å². The van der Waals surface area contributed by atoms with Gasteiger partial charge in [0.15, 0.2) is 9.84 Å². The number of rotatable bonds is 10. The summed E-state index contributed by atoms with van der Waals surface area (Å²) < 4.78 is 22.4. The third-order valence-corrected chi connectivity index (χ3v) is 6.52. The van der Waals surface area contributed by atoms with Crippen molar-refractivity contribution in [2.75, 3.05) is 38.8 Å². The Bertz CT molecular complexity index is 980. The van der Waals surface area contributed by atoms with Gasteiger partial charge in [-0.05, 0) is 23.1 Å². The minimum Gasteiger partial charge on any atom is -0.392 e. The smallest absolute Gasteiger partial charge is 0.227 e. The van der Waals surface area contributed by atoms with Crippen molar-refractivity contribution in [1.82, 2.24) is 15.1 Å². The SMILES string of the molecule is CN(C(=O)Cc1ccc(CNCS(C)(=O)=O)cc1)C(CN1CCC(O)C1)c1ccccc1. The van der Waals surface area contributed by atoms with Crippen molar-refractivity contribution in [3.63, 3.8) is 0 Å². The second-order valence-corrected chi connectivity index (χ2v) is 10.8. The summed E-state index contributed by atoms with van der Waals surface area (Å²) in [6.07, 6.45) is 1.96. The molecule has 1 amide bonds. The van der Waals surface area contributed by atoms with E-state index in [1.54, 1.807) is 0 Å². The van der Waals surface area contributed by atoms with E-state index in [2.05, 4.69) is 10.2 Å². The molecule has 0 radical (unpaired) electrons. The van der Waals surface area contributed by atoms with Gasteiger partial charge in [-0.25, -0.2) is 8.42 Å². The second-order valence-electron chi connectivity index (χ2n) is 8.62. The van der Waals surface area contributed by atoms with E-state index >= 15 is 0 Å². The van der Waals surface area contributed by atoms with E-state index in [4.69, 9.17) is 0 Å². The maximum atomic E-state index is 13.1. The first-order valence-corrected chi connectivity index (χ1v) is 12.9.